The van der Waals surface area contributed by atoms with Crippen LogP contribution in [0.2, 0.25) is 0 Å². The first-order chi connectivity index (χ1) is 9.51. The number of carbonyl (C=O) groups excluding carboxylic acids is 1. The summed E-state index contributed by atoms with van der Waals surface area (Å²) in [6.07, 6.45) is 1.57. The number of benzene rings is 1. The molecule has 0 radical (unpaired) electrons. The summed E-state index contributed by atoms with van der Waals surface area (Å²) < 4.78 is 1.50. The van der Waals surface area contributed by atoms with E-state index < -0.39 is 0 Å². The van der Waals surface area contributed by atoms with Crippen molar-refractivity contribution in [3.8, 4) is 6.07 Å². The van der Waals surface area contributed by atoms with Crippen molar-refractivity contribution in [3.05, 3.63) is 47.2 Å². The summed E-state index contributed by atoms with van der Waals surface area (Å²) in [6.45, 7) is 4.20. The van der Waals surface area contributed by atoms with E-state index in [0.29, 0.717) is 17.0 Å². The molecule has 0 atom stereocenters. The summed E-state index contributed by atoms with van der Waals surface area (Å²) in [5, 5.41) is 15.7. The molecule has 1 aromatic heterocycles. The van der Waals surface area contributed by atoms with Gasteiger partial charge in [-0.15, -0.1) is 0 Å². The zero-order valence-corrected chi connectivity index (χ0v) is 11.7. The molecule has 5 heteroatoms. The molecule has 0 saturated carbocycles. The van der Waals surface area contributed by atoms with E-state index >= 15 is 0 Å². The molecule has 0 unspecified atom stereocenters. The highest BCUT2D eigenvalue weighted by Crippen LogP contribution is 2.16. The van der Waals surface area contributed by atoms with E-state index in [4.69, 9.17) is 5.26 Å². The average Bonchev–Trinajstić information content (AvgIpc) is 2.78. The number of nitrogens with one attached hydrogen (secondary N) is 1. The van der Waals surface area contributed by atoms with E-state index in [1.54, 1.807) is 25.4 Å². The van der Waals surface area contributed by atoms with Crippen molar-refractivity contribution in [2.24, 2.45) is 7.05 Å². The molecule has 1 aromatic carbocycles. The van der Waals surface area contributed by atoms with Crippen LogP contribution in [0.5, 0.6) is 0 Å². The Morgan fingerprint density at radius 3 is 2.55 bits per heavy atom. The van der Waals surface area contributed by atoms with Crippen LogP contribution >= 0.6 is 0 Å². The highest BCUT2D eigenvalue weighted by atomic mass is 16.1. The quantitative estimate of drug-likeness (QED) is 0.930. The van der Waals surface area contributed by atoms with Gasteiger partial charge in [0.2, 0.25) is 0 Å². The second-order valence-corrected chi connectivity index (χ2v) is 4.91. The number of amides is 1. The third-order valence-corrected chi connectivity index (χ3v) is 3.02. The van der Waals surface area contributed by atoms with Crippen molar-refractivity contribution < 1.29 is 4.79 Å². The second kappa shape index (κ2) is 5.57. The third kappa shape index (κ3) is 2.86. The minimum atomic E-state index is -0.268. The zero-order valence-electron chi connectivity index (χ0n) is 11.7. The number of hydrogen-bond acceptors (Lipinski definition) is 3. The topological polar surface area (TPSA) is 70.7 Å². The Morgan fingerprint density at radius 1 is 1.35 bits per heavy atom. The van der Waals surface area contributed by atoms with Gasteiger partial charge in [-0.1, -0.05) is 26.0 Å². The predicted octanol–water partition coefficient (Wildman–Crippen LogP) is 2.67. The first-order valence-corrected chi connectivity index (χ1v) is 6.36. The molecule has 5 nitrogen and oxygen atoms in total. The molecule has 20 heavy (non-hydrogen) atoms. The Kier molecular flexibility index (Phi) is 3.85. The van der Waals surface area contributed by atoms with E-state index in [1.165, 1.54) is 10.2 Å². The highest BCUT2D eigenvalue weighted by molar-refractivity contribution is 6.04. The van der Waals surface area contributed by atoms with Gasteiger partial charge in [0.25, 0.3) is 5.91 Å². The van der Waals surface area contributed by atoms with E-state index in [-0.39, 0.29) is 11.7 Å². The van der Waals surface area contributed by atoms with Crippen LogP contribution in [-0.2, 0) is 7.05 Å². The molecule has 102 valence electrons. The molecule has 0 spiro atoms. The van der Waals surface area contributed by atoms with Crippen LogP contribution in [0.25, 0.3) is 0 Å². The largest absolute Gasteiger partial charge is 0.304 e. The first kappa shape index (κ1) is 13.8. The molecular weight excluding hydrogens is 252 g/mol. The summed E-state index contributed by atoms with van der Waals surface area (Å²) in [5.74, 6) is 0.441. The van der Waals surface area contributed by atoms with Gasteiger partial charge in [0, 0.05) is 18.8 Å². The lowest BCUT2D eigenvalue weighted by Crippen LogP contribution is -2.13. The lowest BCUT2D eigenvalue weighted by molar-refractivity contribution is 0.102. The Bertz CT molecular complexity index is 662. The maximum Gasteiger partial charge on any atom is 0.256 e. The lowest BCUT2D eigenvalue weighted by atomic mass is 10.0. The van der Waals surface area contributed by atoms with Gasteiger partial charge in [-0.25, -0.2) is 0 Å². The fourth-order valence-corrected chi connectivity index (χ4v) is 1.86. The molecule has 2 aromatic rings. The predicted molar refractivity (Wildman–Crippen MR) is 76.4 cm³/mol. The van der Waals surface area contributed by atoms with E-state index in [0.717, 1.165) is 0 Å². The van der Waals surface area contributed by atoms with Crippen LogP contribution < -0.4 is 5.32 Å². The molecule has 1 amide bonds. The van der Waals surface area contributed by atoms with E-state index in [9.17, 15) is 4.79 Å². The maximum absolute atomic E-state index is 12.1. The van der Waals surface area contributed by atoms with Crippen molar-refractivity contribution in [1.82, 2.24) is 9.78 Å². The molecule has 0 bridgehead atoms. The smallest absolute Gasteiger partial charge is 0.256 e. The van der Waals surface area contributed by atoms with Crippen LogP contribution in [0.3, 0.4) is 0 Å². The maximum atomic E-state index is 12.1. The van der Waals surface area contributed by atoms with Gasteiger partial charge in [0.05, 0.1) is 0 Å². The monoisotopic (exact) mass is 268 g/mol. The molecule has 1 N–H and O–H groups in total. The fraction of sp³-hybridized carbons (Fsp3) is 0.267. The van der Waals surface area contributed by atoms with Crippen LogP contribution in [0.4, 0.5) is 5.82 Å². The Morgan fingerprint density at radius 2 is 2.00 bits per heavy atom. The number of carbonyl (C=O) groups is 1. The Hall–Kier alpha value is -2.61. The number of hydrogen-bond donors (Lipinski definition) is 1. The molecule has 0 fully saturated rings. The van der Waals surface area contributed by atoms with Crippen molar-refractivity contribution in [3.63, 3.8) is 0 Å². The molecule has 0 aliphatic heterocycles. The number of anilines is 1. The van der Waals surface area contributed by atoms with Gasteiger partial charge in [-0.05, 0) is 23.6 Å². The normalized spacial score (nSPS) is 10.3. The molecule has 1 heterocycles. The van der Waals surface area contributed by atoms with Gasteiger partial charge in [0.1, 0.15) is 11.6 Å². The average molecular weight is 268 g/mol. The third-order valence-electron chi connectivity index (χ3n) is 3.02. The van der Waals surface area contributed by atoms with Crippen LogP contribution in [-0.4, -0.2) is 15.7 Å². The summed E-state index contributed by atoms with van der Waals surface area (Å²) in [6, 6.07) is 9.42. The minimum Gasteiger partial charge on any atom is -0.304 e. The SMILES string of the molecule is CC(C)c1ccc(C(=O)Nc2nn(C)cc2C#N)cc1. The highest BCUT2D eigenvalue weighted by Gasteiger charge is 2.12. The van der Waals surface area contributed by atoms with Crippen molar-refractivity contribution in [2.75, 3.05) is 5.32 Å². The van der Waals surface area contributed by atoms with E-state index in [1.807, 2.05) is 18.2 Å². The number of aryl methyl sites for hydroxylation is 1. The Balaban J connectivity index is 2.18. The molecular formula is C15H16N4O. The van der Waals surface area contributed by atoms with Gasteiger partial charge < -0.3 is 5.32 Å². The Labute approximate surface area is 117 Å². The van der Waals surface area contributed by atoms with Gasteiger partial charge in [0.15, 0.2) is 5.82 Å². The number of aromatic nitrogens is 2. The standard InChI is InChI=1S/C15H16N4O/c1-10(2)11-4-6-12(7-5-11)15(20)17-14-13(8-16)9-19(3)18-14/h4-7,9-10H,1-3H3,(H,17,18,20). The van der Waals surface area contributed by atoms with Crippen LogP contribution in [0.15, 0.2) is 30.5 Å². The van der Waals surface area contributed by atoms with E-state index in [2.05, 4.69) is 24.3 Å². The number of rotatable bonds is 3. The van der Waals surface area contributed by atoms with Gasteiger partial charge >= 0.3 is 0 Å². The number of nitriles is 1. The fourth-order valence-electron chi connectivity index (χ4n) is 1.86. The molecule has 0 aliphatic carbocycles. The van der Waals surface area contributed by atoms with Crippen molar-refractivity contribution >= 4 is 11.7 Å². The van der Waals surface area contributed by atoms with Crippen LogP contribution in [0.1, 0.15) is 41.3 Å². The van der Waals surface area contributed by atoms with Gasteiger partial charge in [-0.2, -0.15) is 10.4 Å². The first-order valence-electron chi connectivity index (χ1n) is 6.36. The van der Waals surface area contributed by atoms with Crippen molar-refractivity contribution in [2.45, 2.75) is 19.8 Å². The summed E-state index contributed by atoms with van der Waals surface area (Å²) in [5.41, 5.74) is 2.07. The zero-order chi connectivity index (χ0) is 14.7. The molecule has 0 aliphatic rings. The summed E-state index contributed by atoms with van der Waals surface area (Å²) in [7, 11) is 1.70. The second-order valence-electron chi connectivity index (χ2n) is 4.91. The summed E-state index contributed by atoms with van der Waals surface area (Å²) in [4.78, 5) is 12.1. The number of nitrogens with zero attached hydrogens (tertiary/aromatic N) is 3. The van der Waals surface area contributed by atoms with Crippen LogP contribution in [0, 0.1) is 11.3 Å². The summed E-state index contributed by atoms with van der Waals surface area (Å²) >= 11 is 0. The van der Waals surface area contributed by atoms with Gasteiger partial charge in [-0.3, -0.25) is 9.48 Å². The lowest BCUT2D eigenvalue weighted by Gasteiger charge is -2.07. The molecule has 2 rings (SSSR count). The minimum absolute atomic E-state index is 0.268. The molecule has 0 saturated heterocycles. The van der Waals surface area contributed by atoms with Crippen molar-refractivity contribution in [1.29, 1.82) is 5.26 Å².